The molecule has 1 aliphatic heterocycles. The van der Waals surface area contributed by atoms with Gasteiger partial charge in [-0.2, -0.15) is 4.79 Å². The van der Waals surface area contributed by atoms with Crippen LogP contribution in [0.25, 0.3) is 0 Å². The lowest BCUT2D eigenvalue weighted by molar-refractivity contribution is -0.863. The van der Waals surface area contributed by atoms with E-state index < -0.39 is 6.09 Å². The molecule has 1 saturated heterocycles. The molecule has 3 heteroatoms. The summed E-state index contributed by atoms with van der Waals surface area (Å²) in [6.45, 7) is 8.92. The van der Waals surface area contributed by atoms with Crippen molar-refractivity contribution in [3.05, 3.63) is 0 Å². The normalized spacial score (nSPS) is 21.4. The highest BCUT2D eigenvalue weighted by molar-refractivity contribution is 5.56. The van der Waals surface area contributed by atoms with E-state index in [1.165, 1.54) is 12.8 Å². The summed E-state index contributed by atoms with van der Waals surface area (Å²) in [6, 6.07) is 0. The third kappa shape index (κ3) is 3.21. The minimum atomic E-state index is -0.622. The summed E-state index contributed by atoms with van der Waals surface area (Å²) in [6.07, 6.45) is 4.93. The molecule has 0 aromatic carbocycles. The molecule has 0 atom stereocenters. The maximum absolute atomic E-state index is 11.6. The molecule has 0 aliphatic carbocycles. The first-order valence-corrected chi connectivity index (χ1v) is 6.51. The summed E-state index contributed by atoms with van der Waals surface area (Å²) >= 11 is 0. The predicted molar refractivity (Wildman–Crippen MR) is 65.4 cm³/mol. The summed E-state index contributed by atoms with van der Waals surface area (Å²) in [5, 5.41) is 9.54. The van der Waals surface area contributed by atoms with Gasteiger partial charge in [-0.3, -0.25) is 0 Å². The van der Waals surface area contributed by atoms with Crippen molar-refractivity contribution in [2.24, 2.45) is 5.41 Å². The van der Waals surface area contributed by atoms with Gasteiger partial charge in [-0.15, -0.1) is 0 Å². The molecule has 1 amide bonds. The van der Waals surface area contributed by atoms with Gasteiger partial charge >= 0.3 is 6.09 Å². The number of hydrogen-bond acceptors (Lipinski definition) is 1. The maximum atomic E-state index is 11.6. The van der Waals surface area contributed by atoms with Crippen molar-refractivity contribution in [3.63, 3.8) is 0 Å². The fourth-order valence-corrected chi connectivity index (χ4v) is 2.64. The molecule has 16 heavy (non-hydrogen) atoms. The number of rotatable bonds is 3. The zero-order chi connectivity index (χ0) is 12.2. The summed E-state index contributed by atoms with van der Waals surface area (Å²) in [5.74, 6) is 0. The number of quaternary nitrogens is 1. The van der Waals surface area contributed by atoms with Crippen LogP contribution in [0, 0.1) is 5.41 Å². The fourth-order valence-electron chi connectivity index (χ4n) is 2.64. The molecule has 1 aliphatic rings. The van der Waals surface area contributed by atoms with Crippen molar-refractivity contribution in [1.29, 1.82) is 0 Å². The number of nitrogens with zero attached hydrogens (tertiary/aromatic N) is 1. The highest BCUT2D eigenvalue weighted by Crippen LogP contribution is 2.29. The number of likely N-dealkylation sites (tertiary alicyclic amines) is 1. The van der Waals surface area contributed by atoms with E-state index in [0.29, 0.717) is 4.48 Å². The number of hydrogen-bond donors (Lipinski definition) is 1. The molecule has 0 aromatic rings. The second-order valence-electron chi connectivity index (χ2n) is 5.97. The zero-order valence-corrected chi connectivity index (χ0v) is 11.0. The monoisotopic (exact) mass is 228 g/mol. The van der Waals surface area contributed by atoms with Crippen molar-refractivity contribution in [1.82, 2.24) is 0 Å². The Labute approximate surface area is 99.0 Å². The molecule has 0 saturated carbocycles. The molecule has 94 valence electrons. The van der Waals surface area contributed by atoms with Gasteiger partial charge in [0, 0.05) is 5.41 Å². The summed E-state index contributed by atoms with van der Waals surface area (Å²) in [4.78, 5) is 11.6. The van der Waals surface area contributed by atoms with E-state index in [9.17, 15) is 9.90 Å². The quantitative estimate of drug-likeness (QED) is 0.751. The molecule has 1 rings (SSSR count). The van der Waals surface area contributed by atoms with Gasteiger partial charge in [-0.05, 0) is 32.1 Å². The van der Waals surface area contributed by atoms with E-state index in [1.807, 2.05) is 0 Å². The van der Waals surface area contributed by atoms with Crippen molar-refractivity contribution in [3.8, 4) is 0 Å². The predicted octanol–water partition coefficient (Wildman–Crippen LogP) is 3.49. The first kappa shape index (κ1) is 13.5. The average Bonchev–Trinajstić information content (AvgIpc) is 2.44. The van der Waals surface area contributed by atoms with Crippen molar-refractivity contribution >= 4 is 6.09 Å². The fraction of sp³-hybridized carbons (Fsp3) is 0.923. The first-order valence-electron chi connectivity index (χ1n) is 6.51. The second kappa shape index (κ2) is 5.17. The van der Waals surface area contributed by atoms with E-state index in [4.69, 9.17) is 0 Å². The molecule has 0 spiro atoms. The highest BCUT2D eigenvalue weighted by atomic mass is 16.4. The maximum Gasteiger partial charge on any atom is 0.513 e. The van der Waals surface area contributed by atoms with Gasteiger partial charge in [0.15, 0.2) is 0 Å². The Balaban J connectivity index is 2.82. The average molecular weight is 228 g/mol. The largest absolute Gasteiger partial charge is 0.513 e. The van der Waals surface area contributed by atoms with Crippen LogP contribution < -0.4 is 0 Å². The Morgan fingerprint density at radius 3 is 2.06 bits per heavy atom. The van der Waals surface area contributed by atoms with E-state index in [-0.39, 0.29) is 5.41 Å². The third-order valence-electron chi connectivity index (χ3n) is 4.02. The van der Waals surface area contributed by atoms with Crippen molar-refractivity contribution in [2.45, 2.75) is 52.9 Å². The molecule has 1 heterocycles. The van der Waals surface area contributed by atoms with E-state index in [1.54, 1.807) is 0 Å². The summed E-state index contributed by atoms with van der Waals surface area (Å²) in [7, 11) is 0. The number of carbonyl (C=O) groups is 1. The van der Waals surface area contributed by atoms with E-state index in [0.717, 1.165) is 38.9 Å². The molecule has 0 aromatic heterocycles. The van der Waals surface area contributed by atoms with Crippen molar-refractivity contribution in [2.75, 3.05) is 19.6 Å². The van der Waals surface area contributed by atoms with Crippen LogP contribution in [0.1, 0.15) is 52.9 Å². The van der Waals surface area contributed by atoms with Crippen LogP contribution in [0.15, 0.2) is 0 Å². The van der Waals surface area contributed by atoms with Gasteiger partial charge in [-0.25, -0.2) is 4.48 Å². The standard InChI is InChI=1S/C13H25NO2/c1-4-13(2,3)11-14(12(15)16)9-7-5-6-8-10-14/h4-11H2,1-3H3/p+1. The number of carboxylic acid groups (broad SMARTS) is 1. The Morgan fingerprint density at radius 2 is 1.69 bits per heavy atom. The van der Waals surface area contributed by atoms with Crippen LogP contribution in [0.5, 0.6) is 0 Å². The van der Waals surface area contributed by atoms with Gasteiger partial charge in [0.05, 0.1) is 19.6 Å². The molecular formula is C13H26NO2+. The Morgan fingerprint density at radius 1 is 1.19 bits per heavy atom. The molecule has 0 radical (unpaired) electrons. The van der Waals surface area contributed by atoms with Gasteiger partial charge in [0.2, 0.25) is 0 Å². The minimum absolute atomic E-state index is 0.128. The Kier molecular flexibility index (Phi) is 4.36. The summed E-state index contributed by atoms with van der Waals surface area (Å²) in [5.41, 5.74) is 0.128. The SMILES string of the molecule is CCC(C)(C)C[N+]1(C(=O)O)CCCCCC1. The molecule has 0 unspecified atom stereocenters. The lowest BCUT2D eigenvalue weighted by Crippen LogP contribution is -2.56. The van der Waals surface area contributed by atoms with Crippen molar-refractivity contribution < 1.29 is 14.4 Å². The smallest absolute Gasteiger partial charge is 0.435 e. The van der Waals surface area contributed by atoms with Crippen LogP contribution in [0.4, 0.5) is 4.79 Å². The van der Waals surface area contributed by atoms with E-state index in [2.05, 4.69) is 20.8 Å². The van der Waals surface area contributed by atoms with Gasteiger partial charge in [0.25, 0.3) is 0 Å². The Hall–Kier alpha value is -0.570. The van der Waals surface area contributed by atoms with Crippen LogP contribution in [-0.4, -0.2) is 35.3 Å². The van der Waals surface area contributed by atoms with Crippen LogP contribution in [0.3, 0.4) is 0 Å². The first-order chi connectivity index (χ1) is 7.42. The number of amides is 1. The van der Waals surface area contributed by atoms with Gasteiger partial charge in [0.1, 0.15) is 0 Å². The molecule has 1 N–H and O–H groups in total. The Bertz CT molecular complexity index is 240. The molecule has 1 fully saturated rings. The summed E-state index contributed by atoms with van der Waals surface area (Å²) < 4.78 is 0.292. The molecule has 0 bridgehead atoms. The van der Waals surface area contributed by atoms with Crippen LogP contribution in [0.2, 0.25) is 0 Å². The van der Waals surface area contributed by atoms with Gasteiger partial charge in [-0.1, -0.05) is 20.8 Å². The topological polar surface area (TPSA) is 37.3 Å². The van der Waals surface area contributed by atoms with Crippen LogP contribution >= 0.6 is 0 Å². The van der Waals surface area contributed by atoms with Gasteiger partial charge < -0.3 is 5.11 Å². The minimum Gasteiger partial charge on any atom is -0.435 e. The van der Waals surface area contributed by atoms with E-state index >= 15 is 0 Å². The second-order valence-corrected chi connectivity index (χ2v) is 5.97. The zero-order valence-electron chi connectivity index (χ0n) is 11.0. The molecule has 3 nitrogen and oxygen atoms in total. The lowest BCUT2D eigenvalue weighted by Gasteiger charge is -2.37. The highest BCUT2D eigenvalue weighted by Gasteiger charge is 2.41. The lowest BCUT2D eigenvalue weighted by atomic mass is 9.88. The third-order valence-corrected chi connectivity index (χ3v) is 4.02. The molecular weight excluding hydrogens is 202 g/mol. The van der Waals surface area contributed by atoms with Crippen LogP contribution in [-0.2, 0) is 0 Å².